The number of hydroxylamine groups is 1. The van der Waals surface area contributed by atoms with Gasteiger partial charge in [-0.3, -0.25) is 19.6 Å². The Hall–Kier alpha value is -3.78. The predicted octanol–water partition coefficient (Wildman–Crippen LogP) is 0.358. The molecule has 7 N–H and O–H groups in total. The second-order valence-corrected chi connectivity index (χ2v) is 6.53. The van der Waals surface area contributed by atoms with E-state index in [-0.39, 0.29) is 19.0 Å². The third kappa shape index (κ3) is 7.20. The molecule has 2 aromatic rings. The van der Waals surface area contributed by atoms with E-state index in [0.29, 0.717) is 24.2 Å². The number of carbonyl (C=O) groups excluding carboxylic acids is 3. The van der Waals surface area contributed by atoms with Crippen molar-refractivity contribution in [3.05, 3.63) is 54.1 Å². The van der Waals surface area contributed by atoms with Crippen LogP contribution in [-0.2, 0) is 9.59 Å². The van der Waals surface area contributed by atoms with Crippen LogP contribution >= 0.6 is 0 Å². The zero-order valence-electron chi connectivity index (χ0n) is 16.7. The lowest BCUT2D eigenvalue weighted by molar-refractivity contribution is -0.130. The molecule has 0 bridgehead atoms. The Labute approximate surface area is 179 Å². The largest absolute Gasteiger partial charge is 0.339 e. The quantitative estimate of drug-likeness (QED) is 0.182. The second-order valence-electron chi connectivity index (χ2n) is 6.53. The molecule has 162 valence electrons. The summed E-state index contributed by atoms with van der Waals surface area (Å²) in [6.07, 6.45) is 0.341. The fourth-order valence-corrected chi connectivity index (χ4v) is 2.66. The van der Waals surface area contributed by atoms with Gasteiger partial charge in [0.1, 0.15) is 6.04 Å². The van der Waals surface area contributed by atoms with E-state index in [1.54, 1.807) is 36.4 Å². The van der Waals surface area contributed by atoms with Crippen LogP contribution in [0.4, 0.5) is 5.69 Å². The van der Waals surface area contributed by atoms with E-state index in [4.69, 9.17) is 16.2 Å². The average Bonchev–Trinajstić information content (AvgIpc) is 2.80. The Morgan fingerprint density at radius 3 is 2.19 bits per heavy atom. The Balaban J connectivity index is 1.95. The van der Waals surface area contributed by atoms with Gasteiger partial charge in [0.05, 0.1) is 12.6 Å². The van der Waals surface area contributed by atoms with Crippen molar-refractivity contribution in [3.8, 4) is 17.2 Å². The molecular weight excluding hydrogens is 400 g/mol. The first-order valence-corrected chi connectivity index (χ1v) is 9.51. The highest BCUT2D eigenvalue weighted by molar-refractivity contribution is 5.98. The number of carbonyl (C=O) groups is 3. The minimum Gasteiger partial charge on any atom is -0.339 e. The molecule has 0 aliphatic rings. The van der Waals surface area contributed by atoms with E-state index < -0.39 is 17.9 Å². The zero-order chi connectivity index (χ0) is 22.6. The van der Waals surface area contributed by atoms with Crippen LogP contribution in [0.5, 0.6) is 0 Å². The highest BCUT2D eigenvalue weighted by atomic mass is 16.5. The molecule has 3 amide bonds. The van der Waals surface area contributed by atoms with E-state index in [1.165, 1.54) is 5.48 Å². The number of nitriles is 1. The van der Waals surface area contributed by atoms with Gasteiger partial charge in [0.15, 0.2) is 0 Å². The van der Waals surface area contributed by atoms with E-state index >= 15 is 0 Å². The van der Waals surface area contributed by atoms with Gasteiger partial charge in [-0.2, -0.15) is 5.26 Å². The topological polar surface area (TPSA) is 169 Å². The van der Waals surface area contributed by atoms with Crippen molar-refractivity contribution in [2.45, 2.75) is 12.5 Å². The maximum absolute atomic E-state index is 12.3. The predicted molar refractivity (Wildman–Crippen MR) is 114 cm³/mol. The number of rotatable bonds is 10. The smallest absolute Gasteiger partial charge is 0.267 e. The first-order chi connectivity index (χ1) is 15.0. The van der Waals surface area contributed by atoms with Crippen LogP contribution in [-0.4, -0.2) is 48.6 Å². The van der Waals surface area contributed by atoms with E-state index in [0.717, 1.165) is 11.1 Å². The van der Waals surface area contributed by atoms with Gasteiger partial charge in [0.2, 0.25) is 5.91 Å². The van der Waals surface area contributed by atoms with Crippen molar-refractivity contribution < 1.29 is 19.6 Å². The molecule has 2 rings (SSSR count). The van der Waals surface area contributed by atoms with Gasteiger partial charge in [-0.1, -0.05) is 24.3 Å². The summed E-state index contributed by atoms with van der Waals surface area (Å²) >= 11 is 0. The number of hydrogen-bond donors (Lipinski definition) is 6. The van der Waals surface area contributed by atoms with E-state index in [9.17, 15) is 14.4 Å². The Morgan fingerprint density at radius 2 is 1.65 bits per heavy atom. The zero-order valence-corrected chi connectivity index (χ0v) is 16.7. The molecule has 0 saturated heterocycles. The summed E-state index contributed by atoms with van der Waals surface area (Å²) in [5.41, 5.74) is 9.60. The molecule has 0 aliphatic heterocycles. The summed E-state index contributed by atoms with van der Waals surface area (Å²) in [5, 5.41) is 25.2. The van der Waals surface area contributed by atoms with Crippen molar-refractivity contribution in [3.63, 3.8) is 0 Å². The lowest BCUT2D eigenvalue weighted by Gasteiger charge is -2.14. The molecule has 10 heteroatoms. The van der Waals surface area contributed by atoms with Crippen molar-refractivity contribution in [2.75, 3.05) is 25.0 Å². The first kappa shape index (κ1) is 23.5. The lowest BCUT2D eigenvalue weighted by atomic mass is 10.0. The molecule has 2 aromatic carbocycles. The summed E-state index contributed by atoms with van der Waals surface area (Å²) in [7, 11) is 0. The molecule has 0 aromatic heterocycles. The van der Waals surface area contributed by atoms with Gasteiger partial charge in [-0.25, -0.2) is 5.48 Å². The summed E-state index contributed by atoms with van der Waals surface area (Å²) in [6, 6.07) is 14.9. The molecule has 10 nitrogen and oxygen atoms in total. The fraction of sp³-hybridized carbons (Fsp3) is 0.238. The maximum atomic E-state index is 12.3. The molecule has 0 radical (unpaired) electrons. The number of nitrogens with two attached hydrogens (primary N) is 1. The Morgan fingerprint density at radius 1 is 1.03 bits per heavy atom. The fourth-order valence-electron chi connectivity index (χ4n) is 2.66. The molecular formula is C21H24N6O4. The van der Waals surface area contributed by atoms with Crippen molar-refractivity contribution in [2.24, 2.45) is 5.73 Å². The molecule has 0 saturated carbocycles. The number of amides is 3. The third-order valence-corrected chi connectivity index (χ3v) is 4.32. The number of benzene rings is 2. The number of nitrogens with one attached hydrogen (secondary N) is 4. The van der Waals surface area contributed by atoms with Crippen LogP contribution in [0, 0.1) is 11.3 Å². The third-order valence-electron chi connectivity index (χ3n) is 4.32. The molecule has 1 atom stereocenters. The molecule has 0 spiro atoms. The van der Waals surface area contributed by atoms with Gasteiger partial charge in [-0.15, -0.1) is 0 Å². The van der Waals surface area contributed by atoms with E-state index in [1.807, 2.05) is 18.2 Å². The highest BCUT2D eigenvalue weighted by Gasteiger charge is 2.19. The molecule has 0 fully saturated rings. The van der Waals surface area contributed by atoms with Gasteiger partial charge in [0, 0.05) is 30.8 Å². The van der Waals surface area contributed by atoms with Crippen LogP contribution in [0.25, 0.3) is 11.1 Å². The number of nitrogens with zero attached hydrogens (tertiary/aromatic N) is 1. The van der Waals surface area contributed by atoms with Crippen LogP contribution in [0.1, 0.15) is 16.8 Å². The van der Waals surface area contributed by atoms with Gasteiger partial charge in [0.25, 0.3) is 11.8 Å². The van der Waals surface area contributed by atoms with Crippen molar-refractivity contribution in [1.29, 1.82) is 5.26 Å². The summed E-state index contributed by atoms with van der Waals surface area (Å²) < 4.78 is 0. The van der Waals surface area contributed by atoms with Crippen molar-refractivity contribution in [1.82, 2.24) is 16.1 Å². The van der Waals surface area contributed by atoms with Crippen LogP contribution in [0.2, 0.25) is 0 Å². The average molecular weight is 424 g/mol. The molecule has 0 heterocycles. The summed E-state index contributed by atoms with van der Waals surface area (Å²) in [6.45, 7) is 0.422. The highest BCUT2D eigenvalue weighted by Crippen LogP contribution is 2.22. The lowest BCUT2D eigenvalue weighted by Crippen LogP contribution is -2.50. The number of hydrogen-bond acceptors (Lipinski definition) is 7. The Bertz CT molecular complexity index is 938. The maximum Gasteiger partial charge on any atom is 0.267 e. The minimum absolute atomic E-state index is 0.123. The van der Waals surface area contributed by atoms with Gasteiger partial charge < -0.3 is 21.7 Å². The monoisotopic (exact) mass is 424 g/mol. The SMILES string of the molecule is N#CCCNCC(=O)Nc1ccc(-c2ccc(C(=O)N[C@@H](CN)C(=O)NO)cc2)cc1. The standard InChI is InChI=1S/C21H24N6O4/c22-10-1-11-24-13-19(28)25-17-8-6-15(7-9-17)14-2-4-16(5-3-14)20(29)26-18(12-23)21(30)27-31/h2-9,18,24,31H,1,11-13,23H2,(H,25,28)(H,26,29)(H,27,30)/t18-/m0/s1. The summed E-state index contributed by atoms with van der Waals surface area (Å²) in [5.74, 6) is -1.49. The molecule has 31 heavy (non-hydrogen) atoms. The number of anilines is 1. The molecule has 0 unspecified atom stereocenters. The van der Waals surface area contributed by atoms with Crippen LogP contribution < -0.4 is 27.2 Å². The van der Waals surface area contributed by atoms with Crippen molar-refractivity contribution >= 4 is 23.4 Å². The van der Waals surface area contributed by atoms with E-state index in [2.05, 4.69) is 16.0 Å². The minimum atomic E-state index is -1.04. The van der Waals surface area contributed by atoms with Crippen LogP contribution in [0.3, 0.4) is 0 Å². The summed E-state index contributed by atoms with van der Waals surface area (Å²) in [4.78, 5) is 35.5. The van der Waals surface area contributed by atoms with Crippen LogP contribution in [0.15, 0.2) is 48.5 Å². The van der Waals surface area contributed by atoms with Gasteiger partial charge in [-0.05, 0) is 35.4 Å². The normalized spacial score (nSPS) is 11.1. The molecule has 0 aliphatic carbocycles. The second kappa shape index (κ2) is 12.0. The Kier molecular flexibility index (Phi) is 9.13. The van der Waals surface area contributed by atoms with Gasteiger partial charge >= 0.3 is 0 Å². The first-order valence-electron chi connectivity index (χ1n) is 9.51.